The number of carbonyl (C=O) groups is 2. The van der Waals surface area contributed by atoms with Gasteiger partial charge in [0.25, 0.3) is 5.91 Å². The molecule has 0 saturated carbocycles. The average Bonchev–Trinajstić information content (AvgIpc) is 3.08. The van der Waals surface area contributed by atoms with Crippen LogP contribution < -0.4 is 16.0 Å². The molecule has 0 radical (unpaired) electrons. The number of urea groups is 1. The first-order valence-corrected chi connectivity index (χ1v) is 9.75. The number of rotatable bonds is 4. The first-order chi connectivity index (χ1) is 12.9. The highest BCUT2D eigenvalue weighted by molar-refractivity contribution is 9.10. The molecular formula is C19H17BrN4O2S. The Morgan fingerprint density at radius 1 is 1.00 bits per heavy atom. The first-order valence-electron chi connectivity index (χ1n) is 8.08. The smallest absolute Gasteiger partial charge is 0.320 e. The first kappa shape index (κ1) is 19.1. The summed E-state index contributed by atoms with van der Waals surface area (Å²) in [5.74, 6) is -0.330. The molecule has 8 heteroatoms. The van der Waals surface area contributed by atoms with Crippen LogP contribution in [0.5, 0.6) is 0 Å². The zero-order valence-electron chi connectivity index (χ0n) is 14.7. The second-order valence-electron chi connectivity index (χ2n) is 5.90. The third kappa shape index (κ3) is 5.15. The molecule has 27 heavy (non-hydrogen) atoms. The van der Waals surface area contributed by atoms with Crippen molar-refractivity contribution in [3.8, 4) is 0 Å². The highest BCUT2D eigenvalue weighted by Gasteiger charge is 2.13. The van der Waals surface area contributed by atoms with E-state index in [-0.39, 0.29) is 11.6 Å². The Kier molecular flexibility index (Phi) is 5.88. The monoisotopic (exact) mass is 444 g/mol. The maximum Gasteiger partial charge on any atom is 0.325 e. The molecule has 0 unspecified atom stereocenters. The van der Waals surface area contributed by atoms with Gasteiger partial charge in [-0.2, -0.15) is 0 Å². The van der Waals surface area contributed by atoms with E-state index >= 15 is 0 Å². The number of aryl methyl sites for hydroxylation is 2. The molecule has 0 atom stereocenters. The molecule has 0 aliphatic heterocycles. The lowest BCUT2D eigenvalue weighted by Gasteiger charge is -2.07. The normalized spacial score (nSPS) is 10.3. The highest BCUT2D eigenvalue weighted by atomic mass is 79.9. The number of thiazole rings is 1. The Hall–Kier alpha value is -2.71. The van der Waals surface area contributed by atoms with Crippen LogP contribution in [0.4, 0.5) is 21.3 Å². The number of nitrogens with zero attached hydrogens (tertiary/aromatic N) is 1. The van der Waals surface area contributed by atoms with Crippen molar-refractivity contribution < 1.29 is 9.59 Å². The Labute approximate surface area is 169 Å². The van der Waals surface area contributed by atoms with Gasteiger partial charge in [-0.1, -0.05) is 33.6 Å². The van der Waals surface area contributed by atoms with Crippen LogP contribution >= 0.6 is 27.3 Å². The predicted molar refractivity (Wildman–Crippen MR) is 113 cm³/mol. The summed E-state index contributed by atoms with van der Waals surface area (Å²) in [6.45, 7) is 3.88. The van der Waals surface area contributed by atoms with E-state index in [0.717, 1.165) is 15.6 Å². The fourth-order valence-electron chi connectivity index (χ4n) is 2.29. The van der Waals surface area contributed by atoms with Crippen LogP contribution in [0.3, 0.4) is 0 Å². The van der Waals surface area contributed by atoms with Crippen LogP contribution in [0, 0.1) is 13.8 Å². The van der Waals surface area contributed by atoms with Gasteiger partial charge in [0.15, 0.2) is 5.13 Å². The lowest BCUT2D eigenvalue weighted by atomic mass is 10.2. The van der Waals surface area contributed by atoms with E-state index in [4.69, 9.17) is 0 Å². The van der Waals surface area contributed by atoms with Gasteiger partial charge in [-0.05, 0) is 49.7 Å². The van der Waals surface area contributed by atoms with Crippen molar-refractivity contribution in [2.75, 3.05) is 16.0 Å². The van der Waals surface area contributed by atoms with E-state index in [0.29, 0.717) is 16.5 Å². The van der Waals surface area contributed by atoms with Crippen molar-refractivity contribution in [3.63, 3.8) is 0 Å². The minimum absolute atomic E-state index is 0.243. The maximum absolute atomic E-state index is 12.4. The van der Waals surface area contributed by atoms with E-state index in [9.17, 15) is 9.59 Å². The van der Waals surface area contributed by atoms with Crippen molar-refractivity contribution in [2.24, 2.45) is 0 Å². The number of hydrogen-bond acceptors (Lipinski definition) is 4. The van der Waals surface area contributed by atoms with Gasteiger partial charge in [0.1, 0.15) is 5.69 Å². The van der Waals surface area contributed by atoms with Gasteiger partial charge in [0.05, 0.1) is 0 Å². The molecule has 0 spiro atoms. The second kappa shape index (κ2) is 8.32. The predicted octanol–water partition coefficient (Wildman–Crippen LogP) is 5.42. The van der Waals surface area contributed by atoms with Gasteiger partial charge in [-0.15, -0.1) is 11.3 Å². The molecule has 3 amide bonds. The minimum Gasteiger partial charge on any atom is -0.320 e. The molecule has 1 heterocycles. The number of benzene rings is 2. The molecule has 0 aliphatic carbocycles. The lowest BCUT2D eigenvalue weighted by molar-refractivity contribution is 0.102. The average molecular weight is 445 g/mol. The van der Waals surface area contributed by atoms with E-state index in [1.54, 1.807) is 5.38 Å². The maximum atomic E-state index is 12.4. The van der Waals surface area contributed by atoms with E-state index in [1.165, 1.54) is 11.3 Å². The van der Waals surface area contributed by atoms with Crippen molar-refractivity contribution in [3.05, 3.63) is 69.1 Å². The van der Waals surface area contributed by atoms with Crippen molar-refractivity contribution in [1.29, 1.82) is 0 Å². The minimum atomic E-state index is -0.413. The second-order valence-corrected chi connectivity index (χ2v) is 7.67. The van der Waals surface area contributed by atoms with Crippen LogP contribution in [0.25, 0.3) is 0 Å². The molecule has 3 N–H and O–H groups in total. The quantitative estimate of drug-likeness (QED) is 0.502. The number of hydrogen-bond donors (Lipinski definition) is 3. The highest BCUT2D eigenvalue weighted by Crippen LogP contribution is 2.22. The number of halogens is 1. The van der Waals surface area contributed by atoms with Gasteiger partial charge >= 0.3 is 6.03 Å². The summed E-state index contributed by atoms with van der Waals surface area (Å²) < 4.78 is 0.942. The standard InChI is InChI=1S/C19H17BrN4O2S/c1-11-3-6-14(7-4-11)21-18(26)24-19-23-16(10-27-19)17(25)22-15-8-5-13(20)9-12(15)2/h3-10H,1-2H3,(H,22,25)(H2,21,23,24,26). The summed E-state index contributed by atoms with van der Waals surface area (Å²) in [6.07, 6.45) is 0. The summed E-state index contributed by atoms with van der Waals surface area (Å²) >= 11 is 4.58. The van der Waals surface area contributed by atoms with Crippen LogP contribution in [0.2, 0.25) is 0 Å². The van der Waals surface area contributed by atoms with Gasteiger partial charge in [0, 0.05) is 21.2 Å². The fourth-order valence-corrected chi connectivity index (χ4v) is 3.45. The molecule has 3 rings (SSSR count). The van der Waals surface area contributed by atoms with E-state index < -0.39 is 6.03 Å². The number of aromatic nitrogens is 1. The van der Waals surface area contributed by atoms with E-state index in [1.807, 2.05) is 56.3 Å². The lowest BCUT2D eigenvalue weighted by Crippen LogP contribution is -2.19. The topological polar surface area (TPSA) is 83.1 Å². The fraction of sp³-hybridized carbons (Fsp3) is 0.105. The largest absolute Gasteiger partial charge is 0.325 e. The Morgan fingerprint density at radius 3 is 2.44 bits per heavy atom. The molecule has 0 fully saturated rings. The SMILES string of the molecule is Cc1ccc(NC(=O)Nc2nc(C(=O)Nc3ccc(Br)cc3C)cs2)cc1. The summed E-state index contributed by atoms with van der Waals surface area (Å²) in [7, 11) is 0. The third-order valence-corrected chi connectivity index (χ3v) is 4.95. The summed E-state index contributed by atoms with van der Waals surface area (Å²) in [4.78, 5) is 28.6. The molecule has 3 aromatic rings. The molecule has 2 aromatic carbocycles. The summed E-state index contributed by atoms with van der Waals surface area (Å²) in [5, 5.41) is 10.1. The molecule has 1 aromatic heterocycles. The molecular weight excluding hydrogens is 428 g/mol. The molecule has 0 aliphatic rings. The van der Waals surface area contributed by atoms with Crippen LogP contribution in [0.1, 0.15) is 21.6 Å². The number of nitrogens with one attached hydrogen (secondary N) is 3. The Bertz CT molecular complexity index is 986. The van der Waals surface area contributed by atoms with Crippen LogP contribution in [0.15, 0.2) is 52.3 Å². The summed E-state index contributed by atoms with van der Waals surface area (Å²) in [6, 6.07) is 12.6. The Morgan fingerprint density at radius 2 is 1.74 bits per heavy atom. The molecule has 6 nitrogen and oxygen atoms in total. The van der Waals surface area contributed by atoms with Gasteiger partial charge in [-0.25, -0.2) is 9.78 Å². The molecule has 138 valence electrons. The molecule has 0 bridgehead atoms. The molecule has 0 saturated heterocycles. The van der Waals surface area contributed by atoms with Crippen molar-refractivity contribution >= 4 is 55.7 Å². The van der Waals surface area contributed by atoms with Gasteiger partial charge in [0.2, 0.25) is 0 Å². The summed E-state index contributed by atoms with van der Waals surface area (Å²) in [5.41, 5.74) is 3.68. The van der Waals surface area contributed by atoms with Gasteiger partial charge in [-0.3, -0.25) is 10.1 Å². The Balaban J connectivity index is 1.61. The number of anilines is 3. The van der Waals surface area contributed by atoms with Gasteiger partial charge < -0.3 is 10.6 Å². The van der Waals surface area contributed by atoms with Crippen LogP contribution in [-0.4, -0.2) is 16.9 Å². The zero-order chi connectivity index (χ0) is 19.4. The number of carbonyl (C=O) groups excluding carboxylic acids is 2. The van der Waals surface area contributed by atoms with Crippen LogP contribution in [-0.2, 0) is 0 Å². The van der Waals surface area contributed by atoms with Crippen molar-refractivity contribution in [2.45, 2.75) is 13.8 Å². The van der Waals surface area contributed by atoms with Crippen molar-refractivity contribution in [1.82, 2.24) is 4.98 Å². The third-order valence-electron chi connectivity index (χ3n) is 3.70. The zero-order valence-corrected chi connectivity index (χ0v) is 17.1. The van der Waals surface area contributed by atoms with E-state index in [2.05, 4.69) is 36.9 Å². The number of amides is 3.